The summed E-state index contributed by atoms with van der Waals surface area (Å²) >= 11 is 0. The van der Waals surface area contributed by atoms with Crippen LogP contribution in [-0.2, 0) is 9.59 Å². The van der Waals surface area contributed by atoms with Gasteiger partial charge in [-0.05, 0) is 37.0 Å². The van der Waals surface area contributed by atoms with Gasteiger partial charge >= 0.3 is 0 Å². The molecule has 0 aliphatic heterocycles. The Morgan fingerprint density at radius 1 is 1.32 bits per heavy atom. The molecule has 1 atom stereocenters. The molecule has 1 fully saturated rings. The van der Waals surface area contributed by atoms with Gasteiger partial charge in [0.2, 0.25) is 11.8 Å². The molecular weight excluding hydrogens is 320 g/mol. The highest BCUT2D eigenvalue weighted by molar-refractivity contribution is 5.97. The van der Waals surface area contributed by atoms with Gasteiger partial charge in [0.15, 0.2) is 0 Å². The lowest BCUT2D eigenvalue weighted by atomic mass is 9.80. The fraction of sp³-hybridized carbons (Fsp3) is 0.579. The SMILES string of the molecule is CC(C)[C@@H](CO)NC(=O)C1(NC(=O)/C=C/c2ccco2)CCCCC1. The van der Waals surface area contributed by atoms with Gasteiger partial charge < -0.3 is 20.2 Å². The maximum Gasteiger partial charge on any atom is 0.246 e. The maximum absolute atomic E-state index is 12.9. The molecule has 0 aromatic carbocycles. The van der Waals surface area contributed by atoms with Gasteiger partial charge in [-0.1, -0.05) is 33.1 Å². The first-order valence-corrected chi connectivity index (χ1v) is 8.92. The molecule has 6 heteroatoms. The molecule has 0 spiro atoms. The average molecular weight is 348 g/mol. The summed E-state index contributed by atoms with van der Waals surface area (Å²) in [6, 6.07) is 3.18. The van der Waals surface area contributed by atoms with Crippen LogP contribution in [0.1, 0.15) is 51.7 Å². The average Bonchev–Trinajstić information content (AvgIpc) is 3.11. The van der Waals surface area contributed by atoms with Gasteiger partial charge in [0.05, 0.1) is 18.9 Å². The van der Waals surface area contributed by atoms with Crippen molar-refractivity contribution in [2.24, 2.45) is 5.92 Å². The molecule has 1 aromatic heterocycles. The Morgan fingerprint density at radius 2 is 2.04 bits per heavy atom. The van der Waals surface area contributed by atoms with E-state index in [-0.39, 0.29) is 30.4 Å². The predicted molar refractivity (Wildman–Crippen MR) is 95.6 cm³/mol. The van der Waals surface area contributed by atoms with Crippen LogP contribution < -0.4 is 10.6 Å². The summed E-state index contributed by atoms with van der Waals surface area (Å²) in [6.07, 6.45) is 8.55. The molecule has 0 unspecified atom stereocenters. The molecule has 2 rings (SSSR count). The fourth-order valence-electron chi connectivity index (χ4n) is 3.12. The predicted octanol–water partition coefficient (Wildman–Crippen LogP) is 2.25. The van der Waals surface area contributed by atoms with Gasteiger partial charge in [0.1, 0.15) is 11.3 Å². The van der Waals surface area contributed by atoms with E-state index in [1.165, 1.54) is 12.3 Å². The second-order valence-corrected chi connectivity index (χ2v) is 6.99. The molecule has 0 saturated heterocycles. The number of carbonyl (C=O) groups excluding carboxylic acids is 2. The Morgan fingerprint density at radius 3 is 2.60 bits per heavy atom. The smallest absolute Gasteiger partial charge is 0.246 e. The third-order valence-corrected chi connectivity index (χ3v) is 4.76. The number of carbonyl (C=O) groups is 2. The van der Waals surface area contributed by atoms with Crippen LogP contribution >= 0.6 is 0 Å². The molecule has 3 N–H and O–H groups in total. The number of rotatable bonds is 7. The summed E-state index contributed by atoms with van der Waals surface area (Å²) < 4.78 is 5.17. The van der Waals surface area contributed by atoms with Crippen LogP contribution in [0.4, 0.5) is 0 Å². The highest BCUT2D eigenvalue weighted by atomic mass is 16.3. The molecule has 0 bridgehead atoms. The van der Waals surface area contributed by atoms with E-state index in [4.69, 9.17) is 4.42 Å². The molecule has 25 heavy (non-hydrogen) atoms. The lowest BCUT2D eigenvalue weighted by Gasteiger charge is -2.37. The molecule has 1 saturated carbocycles. The topological polar surface area (TPSA) is 91.6 Å². The first kappa shape index (κ1) is 19.2. The van der Waals surface area contributed by atoms with E-state index in [1.54, 1.807) is 18.2 Å². The maximum atomic E-state index is 12.9. The molecule has 138 valence electrons. The second-order valence-electron chi connectivity index (χ2n) is 6.99. The molecule has 1 heterocycles. The fourth-order valence-corrected chi connectivity index (χ4v) is 3.12. The molecule has 6 nitrogen and oxygen atoms in total. The van der Waals surface area contributed by atoms with Crippen LogP contribution in [0, 0.1) is 5.92 Å². The molecule has 1 aliphatic rings. The van der Waals surface area contributed by atoms with Crippen molar-refractivity contribution in [1.29, 1.82) is 0 Å². The number of nitrogens with one attached hydrogen (secondary N) is 2. The summed E-state index contributed by atoms with van der Waals surface area (Å²) in [7, 11) is 0. The third kappa shape index (κ3) is 5.19. The van der Waals surface area contributed by atoms with E-state index in [0.717, 1.165) is 19.3 Å². The Bertz CT molecular complexity index is 587. The Balaban J connectivity index is 2.08. The molecular formula is C19H28N2O4. The summed E-state index contributed by atoms with van der Waals surface area (Å²) in [4.78, 5) is 25.2. The van der Waals surface area contributed by atoms with Crippen molar-refractivity contribution in [1.82, 2.24) is 10.6 Å². The molecule has 1 aliphatic carbocycles. The van der Waals surface area contributed by atoms with Crippen LogP contribution in [0.5, 0.6) is 0 Å². The van der Waals surface area contributed by atoms with Crippen molar-refractivity contribution in [3.63, 3.8) is 0 Å². The quantitative estimate of drug-likeness (QED) is 0.659. The van der Waals surface area contributed by atoms with Crippen molar-refractivity contribution in [2.45, 2.75) is 57.5 Å². The number of furan rings is 1. The first-order valence-electron chi connectivity index (χ1n) is 8.92. The zero-order valence-corrected chi connectivity index (χ0v) is 15.0. The summed E-state index contributed by atoms with van der Waals surface area (Å²) in [6.45, 7) is 3.77. The Kier molecular flexibility index (Phi) is 6.82. The van der Waals surface area contributed by atoms with Crippen LogP contribution in [0.3, 0.4) is 0 Å². The number of aliphatic hydroxyl groups is 1. The monoisotopic (exact) mass is 348 g/mol. The van der Waals surface area contributed by atoms with Crippen molar-refractivity contribution >= 4 is 17.9 Å². The summed E-state index contributed by atoms with van der Waals surface area (Å²) in [5.74, 6) is 0.167. The van der Waals surface area contributed by atoms with Gasteiger partial charge in [-0.25, -0.2) is 0 Å². The van der Waals surface area contributed by atoms with E-state index < -0.39 is 5.54 Å². The molecule has 2 amide bonds. The Labute approximate surface area is 148 Å². The number of aliphatic hydroxyl groups excluding tert-OH is 1. The summed E-state index contributed by atoms with van der Waals surface area (Å²) in [5.41, 5.74) is -0.912. The molecule has 1 aromatic rings. The standard InChI is InChI=1S/C19H28N2O4/c1-14(2)16(13-22)20-18(24)19(10-4-3-5-11-19)21-17(23)9-8-15-7-6-12-25-15/h6-9,12,14,16,22H,3-5,10-11,13H2,1-2H3,(H,20,24)(H,21,23)/b9-8+/t16-/m1/s1. The van der Waals surface area contributed by atoms with Gasteiger partial charge in [-0.3, -0.25) is 9.59 Å². The minimum Gasteiger partial charge on any atom is -0.465 e. The van der Waals surface area contributed by atoms with Gasteiger partial charge in [-0.2, -0.15) is 0 Å². The van der Waals surface area contributed by atoms with E-state index in [9.17, 15) is 14.7 Å². The van der Waals surface area contributed by atoms with Crippen LogP contribution in [0.2, 0.25) is 0 Å². The van der Waals surface area contributed by atoms with Crippen molar-refractivity contribution in [3.05, 3.63) is 30.2 Å². The van der Waals surface area contributed by atoms with Crippen molar-refractivity contribution in [2.75, 3.05) is 6.61 Å². The lowest BCUT2D eigenvalue weighted by Crippen LogP contribution is -2.61. The zero-order chi connectivity index (χ0) is 18.3. The first-order chi connectivity index (χ1) is 12.0. The minimum atomic E-state index is -0.912. The highest BCUT2D eigenvalue weighted by Crippen LogP contribution is 2.29. The minimum absolute atomic E-state index is 0.115. The zero-order valence-electron chi connectivity index (χ0n) is 15.0. The highest BCUT2D eigenvalue weighted by Gasteiger charge is 2.41. The van der Waals surface area contributed by atoms with Gasteiger partial charge in [0, 0.05) is 6.08 Å². The van der Waals surface area contributed by atoms with Crippen LogP contribution in [0.15, 0.2) is 28.9 Å². The van der Waals surface area contributed by atoms with Crippen LogP contribution in [0.25, 0.3) is 6.08 Å². The third-order valence-electron chi connectivity index (χ3n) is 4.76. The molecule has 0 radical (unpaired) electrons. The van der Waals surface area contributed by atoms with E-state index >= 15 is 0 Å². The van der Waals surface area contributed by atoms with Gasteiger partial charge in [0.25, 0.3) is 0 Å². The number of hydrogen-bond donors (Lipinski definition) is 3. The largest absolute Gasteiger partial charge is 0.465 e. The van der Waals surface area contributed by atoms with E-state index in [0.29, 0.717) is 18.6 Å². The number of hydrogen-bond acceptors (Lipinski definition) is 4. The Hall–Kier alpha value is -2.08. The lowest BCUT2D eigenvalue weighted by molar-refractivity contribution is -0.134. The van der Waals surface area contributed by atoms with E-state index in [1.807, 2.05) is 13.8 Å². The second kappa shape index (κ2) is 8.85. The summed E-state index contributed by atoms with van der Waals surface area (Å²) in [5, 5.41) is 15.3. The number of amides is 2. The normalized spacial score (nSPS) is 18.2. The van der Waals surface area contributed by atoms with E-state index in [2.05, 4.69) is 10.6 Å². The van der Waals surface area contributed by atoms with Crippen molar-refractivity contribution in [3.8, 4) is 0 Å². The van der Waals surface area contributed by atoms with Crippen molar-refractivity contribution < 1.29 is 19.1 Å². The van der Waals surface area contributed by atoms with Gasteiger partial charge in [-0.15, -0.1) is 0 Å². The van der Waals surface area contributed by atoms with Crippen LogP contribution in [-0.4, -0.2) is 35.1 Å².